The molecule has 0 bridgehead atoms. The Labute approximate surface area is 176 Å². The number of aromatic nitrogens is 2. The van der Waals surface area contributed by atoms with Crippen LogP contribution in [0.2, 0.25) is 0 Å². The Morgan fingerprint density at radius 1 is 1.03 bits per heavy atom. The highest BCUT2D eigenvalue weighted by molar-refractivity contribution is 5.89. The highest BCUT2D eigenvalue weighted by Gasteiger charge is 2.33. The molecule has 3 aromatic rings. The van der Waals surface area contributed by atoms with E-state index >= 15 is 0 Å². The van der Waals surface area contributed by atoms with Gasteiger partial charge in [-0.2, -0.15) is 0 Å². The maximum absolute atomic E-state index is 12.6. The van der Waals surface area contributed by atoms with Crippen molar-refractivity contribution in [1.29, 1.82) is 0 Å². The number of amides is 2. The molecule has 1 aromatic heterocycles. The molecule has 1 unspecified atom stereocenters. The van der Waals surface area contributed by atoms with Gasteiger partial charge in [-0.05, 0) is 23.1 Å². The molecule has 6 heteroatoms. The van der Waals surface area contributed by atoms with Crippen LogP contribution in [-0.4, -0.2) is 39.4 Å². The van der Waals surface area contributed by atoms with Gasteiger partial charge < -0.3 is 14.8 Å². The molecule has 2 amide bonds. The van der Waals surface area contributed by atoms with Crippen molar-refractivity contribution in [3.05, 3.63) is 90.0 Å². The van der Waals surface area contributed by atoms with Crippen LogP contribution in [0.1, 0.15) is 23.1 Å². The van der Waals surface area contributed by atoms with Crippen LogP contribution in [0.15, 0.2) is 73.3 Å². The molecular weight excluding hydrogens is 376 g/mol. The second-order valence-electron chi connectivity index (χ2n) is 7.75. The first-order valence-electron chi connectivity index (χ1n) is 10.3. The van der Waals surface area contributed by atoms with Gasteiger partial charge in [-0.15, -0.1) is 0 Å². The Bertz CT molecular complexity index is 968. The fraction of sp³-hybridized carbons (Fsp3) is 0.292. The summed E-state index contributed by atoms with van der Waals surface area (Å²) in [6.07, 6.45) is 6.59. The zero-order chi connectivity index (χ0) is 20.8. The number of nitrogens with zero attached hydrogens (tertiary/aromatic N) is 3. The van der Waals surface area contributed by atoms with Gasteiger partial charge in [0.15, 0.2) is 0 Å². The van der Waals surface area contributed by atoms with Crippen LogP contribution in [0.25, 0.3) is 0 Å². The quantitative estimate of drug-likeness (QED) is 0.630. The Hall–Kier alpha value is -3.41. The third-order valence-corrected chi connectivity index (χ3v) is 5.51. The summed E-state index contributed by atoms with van der Waals surface area (Å²) in [5.74, 6) is -0.253. The fourth-order valence-corrected chi connectivity index (χ4v) is 3.76. The van der Waals surface area contributed by atoms with Gasteiger partial charge in [0, 0.05) is 45.0 Å². The second-order valence-corrected chi connectivity index (χ2v) is 7.75. The molecule has 1 aliphatic rings. The van der Waals surface area contributed by atoms with Gasteiger partial charge in [-0.3, -0.25) is 9.59 Å². The average Bonchev–Trinajstić information content (AvgIpc) is 3.42. The molecule has 6 nitrogen and oxygen atoms in total. The van der Waals surface area contributed by atoms with E-state index in [1.807, 2.05) is 46.0 Å². The smallest absolute Gasteiger partial charge is 0.225 e. The van der Waals surface area contributed by atoms with E-state index in [0.717, 1.165) is 18.5 Å². The highest BCUT2D eigenvalue weighted by Crippen LogP contribution is 2.19. The zero-order valence-corrected chi connectivity index (χ0v) is 16.9. The number of carbonyl (C=O) groups is 2. The van der Waals surface area contributed by atoms with Gasteiger partial charge in [-0.1, -0.05) is 54.6 Å². The summed E-state index contributed by atoms with van der Waals surface area (Å²) >= 11 is 0. The number of imidazole rings is 1. The van der Waals surface area contributed by atoms with E-state index in [-0.39, 0.29) is 17.7 Å². The molecule has 1 saturated heterocycles. The molecule has 0 radical (unpaired) electrons. The summed E-state index contributed by atoms with van der Waals surface area (Å²) in [6.45, 7) is 2.40. The molecular formula is C24H26N4O2. The van der Waals surface area contributed by atoms with Crippen LogP contribution >= 0.6 is 0 Å². The summed E-state index contributed by atoms with van der Waals surface area (Å²) in [6, 6.07) is 18.3. The lowest BCUT2D eigenvalue weighted by Crippen LogP contribution is -2.33. The summed E-state index contributed by atoms with van der Waals surface area (Å²) in [5, 5.41) is 2.99. The number of hydrogen-bond acceptors (Lipinski definition) is 3. The van der Waals surface area contributed by atoms with Gasteiger partial charge in [0.2, 0.25) is 11.8 Å². The van der Waals surface area contributed by atoms with Crippen LogP contribution < -0.4 is 5.32 Å². The van der Waals surface area contributed by atoms with Crippen molar-refractivity contribution < 1.29 is 9.59 Å². The lowest BCUT2D eigenvalue weighted by molar-refractivity contribution is -0.129. The Morgan fingerprint density at radius 2 is 1.80 bits per heavy atom. The molecule has 2 heterocycles. The minimum absolute atomic E-state index is 0.0481. The first-order chi connectivity index (χ1) is 14.7. The maximum atomic E-state index is 12.6. The minimum Gasteiger partial charge on any atom is -0.352 e. The van der Waals surface area contributed by atoms with Gasteiger partial charge >= 0.3 is 0 Å². The minimum atomic E-state index is -0.270. The zero-order valence-electron chi connectivity index (χ0n) is 16.9. The molecule has 1 N–H and O–H groups in total. The van der Waals surface area contributed by atoms with Gasteiger partial charge in [-0.25, -0.2) is 4.98 Å². The Kier molecular flexibility index (Phi) is 6.23. The molecule has 0 saturated carbocycles. The second kappa shape index (κ2) is 9.39. The van der Waals surface area contributed by atoms with Crippen molar-refractivity contribution in [3.63, 3.8) is 0 Å². The van der Waals surface area contributed by atoms with Crippen molar-refractivity contribution in [2.24, 2.45) is 5.92 Å². The number of benzene rings is 2. The molecule has 0 spiro atoms. The lowest BCUT2D eigenvalue weighted by atomic mass is 10.1. The van der Waals surface area contributed by atoms with Crippen molar-refractivity contribution in [2.45, 2.75) is 25.9 Å². The average molecular weight is 402 g/mol. The normalized spacial score (nSPS) is 16.1. The summed E-state index contributed by atoms with van der Waals surface area (Å²) < 4.78 is 2.01. The number of hydrogen-bond donors (Lipinski definition) is 1. The first-order valence-corrected chi connectivity index (χ1v) is 10.3. The Balaban J connectivity index is 1.23. The monoisotopic (exact) mass is 402 g/mol. The fourth-order valence-electron chi connectivity index (χ4n) is 3.76. The van der Waals surface area contributed by atoms with Gasteiger partial charge in [0.1, 0.15) is 0 Å². The molecule has 30 heavy (non-hydrogen) atoms. The molecule has 2 aromatic carbocycles. The number of rotatable bonds is 8. The van der Waals surface area contributed by atoms with E-state index in [9.17, 15) is 9.59 Å². The number of carbonyl (C=O) groups excluding carboxylic acids is 2. The first kappa shape index (κ1) is 19.9. The van der Waals surface area contributed by atoms with Crippen LogP contribution in [0.4, 0.5) is 0 Å². The van der Waals surface area contributed by atoms with Crippen molar-refractivity contribution in [3.8, 4) is 0 Å². The third-order valence-electron chi connectivity index (χ3n) is 5.51. The van der Waals surface area contributed by atoms with E-state index in [1.54, 1.807) is 12.5 Å². The lowest BCUT2D eigenvalue weighted by Gasteiger charge is -2.16. The standard InChI is InChI=1S/C24H26N4O2/c29-23-14-22(17-28(23)12-10-19-4-2-1-3-5-19)24(30)26-15-20-6-8-21(9-7-20)16-27-13-11-25-18-27/h1-9,11,13,18,22H,10,12,14-17H2,(H,26,30). The predicted molar refractivity (Wildman–Crippen MR) is 114 cm³/mol. The predicted octanol–water partition coefficient (Wildman–Crippen LogP) is 2.64. The van der Waals surface area contributed by atoms with Crippen molar-refractivity contribution >= 4 is 11.8 Å². The highest BCUT2D eigenvalue weighted by atomic mass is 16.2. The molecule has 1 fully saturated rings. The maximum Gasteiger partial charge on any atom is 0.225 e. The topological polar surface area (TPSA) is 67.2 Å². The van der Waals surface area contributed by atoms with Crippen molar-refractivity contribution in [2.75, 3.05) is 13.1 Å². The van der Waals surface area contributed by atoms with Crippen LogP contribution in [0.5, 0.6) is 0 Å². The van der Waals surface area contributed by atoms with E-state index in [2.05, 4.69) is 34.6 Å². The molecule has 4 rings (SSSR count). The van der Waals surface area contributed by atoms with Crippen LogP contribution in [-0.2, 0) is 29.1 Å². The molecule has 0 aliphatic carbocycles. The van der Waals surface area contributed by atoms with E-state index in [0.29, 0.717) is 26.1 Å². The van der Waals surface area contributed by atoms with Crippen LogP contribution in [0, 0.1) is 5.92 Å². The number of likely N-dealkylation sites (tertiary alicyclic amines) is 1. The molecule has 154 valence electrons. The molecule has 1 atom stereocenters. The summed E-state index contributed by atoms with van der Waals surface area (Å²) in [4.78, 5) is 30.7. The van der Waals surface area contributed by atoms with Gasteiger partial charge in [0.25, 0.3) is 0 Å². The van der Waals surface area contributed by atoms with Crippen LogP contribution in [0.3, 0.4) is 0 Å². The largest absolute Gasteiger partial charge is 0.352 e. The SMILES string of the molecule is O=C(NCc1ccc(Cn2ccnc2)cc1)C1CC(=O)N(CCc2ccccc2)C1. The van der Waals surface area contributed by atoms with Gasteiger partial charge in [0.05, 0.1) is 12.2 Å². The summed E-state index contributed by atoms with van der Waals surface area (Å²) in [7, 11) is 0. The van der Waals surface area contributed by atoms with Crippen molar-refractivity contribution in [1.82, 2.24) is 19.8 Å². The Morgan fingerprint density at radius 3 is 2.53 bits per heavy atom. The van der Waals surface area contributed by atoms with E-state index in [1.165, 1.54) is 11.1 Å². The summed E-state index contributed by atoms with van der Waals surface area (Å²) in [5.41, 5.74) is 3.43. The van der Waals surface area contributed by atoms with E-state index < -0.39 is 0 Å². The van der Waals surface area contributed by atoms with E-state index in [4.69, 9.17) is 0 Å². The molecule has 1 aliphatic heterocycles. The number of nitrogens with one attached hydrogen (secondary N) is 1. The third kappa shape index (κ3) is 5.14.